The summed E-state index contributed by atoms with van der Waals surface area (Å²) in [6, 6.07) is 7.12. The molecule has 0 atom stereocenters. The molecule has 7 heteroatoms. The number of nitrogens with one attached hydrogen (secondary N) is 1. The first-order valence-corrected chi connectivity index (χ1v) is 9.86. The summed E-state index contributed by atoms with van der Waals surface area (Å²) in [4.78, 5) is 23.4. The molecule has 0 unspecified atom stereocenters. The number of benzene rings is 1. The first kappa shape index (κ1) is 18.8. The number of carbonyl (C=O) groups excluding carboxylic acids is 1. The number of aromatic nitrogens is 2. The molecule has 1 fully saturated rings. The zero-order valence-corrected chi connectivity index (χ0v) is 16.2. The molecule has 7 nitrogen and oxygen atoms in total. The SMILES string of the molecule is CC1(CO)CCN(c2nc(-c3ccc(C(N)=O)cc3)nc3c2CCNC3)CC1. The molecule has 148 valence electrons. The van der Waals surface area contributed by atoms with E-state index in [2.05, 4.69) is 17.1 Å². The molecule has 0 saturated carbocycles. The van der Waals surface area contributed by atoms with Crippen LogP contribution in [0.25, 0.3) is 11.4 Å². The van der Waals surface area contributed by atoms with Gasteiger partial charge in [0.05, 0.1) is 5.69 Å². The second kappa shape index (κ2) is 7.48. The van der Waals surface area contributed by atoms with Crippen molar-refractivity contribution >= 4 is 11.7 Å². The summed E-state index contributed by atoms with van der Waals surface area (Å²) in [5.74, 6) is 1.24. The van der Waals surface area contributed by atoms with E-state index in [1.54, 1.807) is 12.1 Å². The molecule has 0 aliphatic carbocycles. The van der Waals surface area contributed by atoms with Crippen molar-refractivity contribution in [2.24, 2.45) is 11.1 Å². The molecule has 1 amide bonds. The molecule has 0 radical (unpaired) electrons. The van der Waals surface area contributed by atoms with Crippen LogP contribution in [0, 0.1) is 5.41 Å². The Labute approximate surface area is 165 Å². The second-order valence-electron chi connectivity index (χ2n) is 8.12. The van der Waals surface area contributed by atoms with Gasteiger partial charge in [-0.25, -0.2) is 9.97 Å². The average molecular weight is 381 g/mol. The number of aliphatic hydroxyl groups excluding tert-OH is 1. The van der Waals surface area contributed by atoms with Crippen LogP contribution in [0.3, 0.4) is 0 Å². The molecular weight excluding hydrogens is 354 g/mol. The molecule has 0 spiro atoms. The van der Waals surface area contributed by atoms with Crippen molar-refractivity contribution in [1.29, 1.82) is 0 Å². The van der Waals surface area contributed by atoms with E-state index in [9.17, 15) is 9.90 Å². The van der Waals surface area contributed by atoms with E-state index in [4.69, 9.17) is 15.7 Å². The van der Waals surface area contributed by atoms with Gasteiger partial charge in [-0.3, -0.25) is 4.79 Å². The number of nitrogens with two attached hydrogens (primary N) is 1. The number of aliphatic hydroxyl groups is 1. The smallest absolute Gasteiger partial charge is 0.248 e. The third kappa shape index (κ3) is 3.59. The van der Waals surface area contributed by atoms with Crippen LogP contribution in [0.15, 0.2) is 24.3 Å². The predicted molar refractivity (Wildman–Crippen MR) is 108 cm³/mol. The van der Waals surface area contributed by atoms with E-state index in [1.807, 2.05) is 12.1 Å². The van der Waals surface area contributed by atoms with E-state index in [0.29, 0.717) is 11.4 Å². The number of rotatable bonds is 4. The Morgan fingerprint density at radius 2 is 1.96 bits per heavy atom. The first-order valence-electron chi connectivity index (χ1n) is 9.86. The molecule has 1 aromatic heterocycles. The molecule has 3 heterocycles. The van der Waals surface area contributed by atoms with Crippen LogP contribution in [0.4, 0.5) is 5.82 Å². The van der Waals surface area contributed by atoms with Crippen LogP contribution >= 0.6 is 0 Å². The lowest BCUT2D eigenvalue weighted by Gasteiger charge is -2.40. The van der Waals surface area contributed by atoms with Crippen LogP contribution in [0.5, 0.6) is 0 Å². The van der Waals surface area contributed by atoms with Gasteiger partial charge in [0.25, 0.3) is 0 Å². The van der Waals surface area contributed by atoms with Gasteiger partial charge in [-0.2, -0.15) is 0 Å². The predicted octanol–water partition coefficient (Wildman–Crippen LogP) is 1.49. The molecule has 0 bridgehead atoms. The highest BCUT2D eigenvalue weighted by molar-refractivity contribution is 5.93. The Morgan fingerprint density at radius 1 is 1.25 bits per heavy atom. The van der Waals surface area contributed by atoms with E-state index in [-0.39, 0.29) is 12.0 Å². The van der Waals surface area contributed by atoms with Crippen molar-refractivity contribution in [3.8, 4) is 11.4 Å². The van der Waals surface area contributed by atoms with E-state index in [1.165, 1.54) is 5.56 Å². The maximum atomic E-state index is 11.3. The van der Waals surface area contributed by atoms with Crippen LogP contribution < -0.4 is 16.0 Å². The third-order valence-electron chi connectivity index (χ3n) is 5.99. The van der Waals surface area contributed by atoms with E-state index in [0.717, 1.165) is 62.5 Å². The summed E-state index contributed by atoms with van der Waals surface area (Å²) in [5, 5.41) is 13.1. The highest BCUT2D eigenvalue weighted by atomic mass is 16.3. The number of amides is 1. The Balaban J connectivity index is 1.70. The molecule has 2 aliphatic heterocycles. The number of carbonyl (C=O) groups is 1. The molecular formula is C21H27N5O2. The second-order valence-corrected chi connectivity index (χ2v) is 8.12. The van der Waals surface area contributed by atoms with Crippen molar-refractivity contribution in [2.45, 2.75) is 32.7 Å². The summed E-state index contributed by atoms with van der Waals surface area (Å²) >= 11 is 0. The van der Waals surface area contributed by atoms with Crippen LogP contribution in [-0.2, 0) is 13.0 Å². The number of nitrogens with zero attached hydrogens (tertiary/aromatic N) is 3. The van der Waals surface area contributed by atoms with Crippen molar-refractivity contribution in [3.63, 3.8) is 0 Å². The largest absolute Gasteiger partial charge is 0.396 e. The quantitative estimate of drug-likeness (QED) is 0.741. The monoisotopic (exact) mass is 381 g/mol. The minimum atomic E-state index is -0.442. The van der Waals surface area contributed by atoms with E-state index >= 15 is 0 Å². The molecule has 2 aliphatic rings. The average Bonchev–Trinajstić information content (AvgIpc) is 2.73. The fourth-order valence-corrected chi connectivity index (χ4v) is 3.93. The van der Waals surface area contributed by atoms with Crippen LogP contribution in [-0.4, -0.2) is 47.2 Å². The number of hydrogen-bond donors (Lipinski definition) is 3. The normalized spacial score (nSPS) is 18.6. The van der Waals surface area contributed by atoms with Gasteiger partial charge in [-0.05, 0) is 43.4 Å². The van der Waals surface area contributed by atoms with Gasteiger partial charge in [0.1, 0.15) is 5.82 Å². The number of primary amides is 1. The number of hydrogen-bond acceptors (Lipinski definition) is 6. The van der Waals surface area contributed by atoms with Gasteiger partial charge < -0.3 is 21.1 Å². The van der Waals surface area contributed by atoms with Crippen molar-refractivity contribution < 1.29 is 9.90 Å². The Hall–Kier alpha value is -2.51. The molecule has 1 saturated heterocycles. The van der Waals surface area contributed by atoms with E-state index < -0.39 is 5.91 Å². The highest BCUT2D eigenvalue weighted by Crippen LogP contribution is 2.35. The zero-order chi connectivity index (χ0) is 19.7. The molecule has 28 heavy (non-hydrogen) atoms. The summed E-state index contributed by atoms with van der Waals surface area (Å²) in [6.45, 7) is 5.80. The topological polar surface area (TPSA) is 104 Å². The summed E-state index contributed by atoms with van der Waals surface area (Å²) in [7, 11) is 0. The van der Waals surface area contributed by atoms with Gasteiger partial charge in [-0.15, -0.1) is 0 Å². The molecule has 4 rings (SSSR count). The summed E-state index contributed by atoms with van der Waals surface area (Å²) < 4.78 is 0. The Bertz CT molecular complexity index is 873. The maximum Gasteiger partial charge on any atom is 0.248 e. The van der Waals surface area contributed by atoms with Crippen LogP contribution in [0.1, 0.15) is 41.4 Å². The Morgan fingerprint density at radius 3 is 2.61 bits per heavy atom. The minimum Gasteiger partial charge on any atom is -0.396 e. The highest BCUT2D eigenvalue weighted by Gasteiger charge is 2.32. The first-order chi connectivity index (χ1) is 13.5. The Kier molecular flexibility index (Phi) is 5.03. The lowest BCUT2D eigenvalue weighted by molar-refractivity contribution is 0.100. The fourth-order valence-electron chi connectivity index (χ4n) is 3.93. The van der Waals surface area contributed by atoms with Crippen molar-refractivity contribution in [3.05, 3.63) is 41.1 Å². The van der Waals surface area contributed by atoms with Gasteiger partial charge in [0, 0.05) is 42.9 Å². The number of piperidine rings is 1. The molecule has 4 N–H and O–H groups in total. The standard InChI is InChI=1S/C21H27N5O2/c1-21(13-27)7-10-26(11-8-21)20-16-6-9-23-12-17(16)24-19(25-20)15-4-2-14(3-5-15)18(22)28/h2-5,23,27H,6-13H2,1H3,(H2,22,28). The molecule has 2 aromatic rings. The fraction of sp³-hybridized carbons (Fsp3) is 0.476. The van der Waals surface area contributed by atoms with Crippen molar-refractivity contribution in [2.75, 3.05) is 31.1 Å². The van der Waals surface area contributed by atoms with Gasteiger partial charge in [0.2, 0.25) is 5.91 Å². The molecule has 1 aromatic carbocycles. The lowest BCUT2D eigenvalue weighted by Crippen LogP contribution is -2.42. The lowest BCUT2D eigenvalue weighted by atomic mass is 9.81. The van der Waals surface area contributed by atoms with Gasteiger partial charge in [0.15, 0.2) is 5.82 Å². The number of anilines is 1. The summed E-state index contributed by atoms with van der Waals surface area (Å²) in [5.41, 5.74) is 8.96. The van der Waals surface area contributed by atoms with Crippen LogP contribution in [0.2, 0.25) is 0 Å². The maximum absolute atomic E-state index is 11.3. The van der Waals surface area contributed by atoms with Gasteiger partial charge >= 0.3 is 0 Å². The zero-order valence-electron chi connectivity index (χ0n) is 16.2. The minimum absolute atomic E-state index is 0.00142. The van der Waals surface area contributed by atoms with Crippen molar-refractivity contribution in [1.82, 2.24) is 15.3 Å². The summed E-state index contributed by atoms with van der Waals surface area (Å²) in [6.07, 6.45) is 2.81. The number of fused-ring (bicyclic) bond motifs is 1. The third-order valence-corrected chi connectivity index (χ3v) is 5.99. The van der Waals surface area contributed by atoms with Gasteiger partial charge in [-0.1, -0.05) is 19.1 Å².